The fourth-order valence-electron chi connectivity index (χ4n) is 3.17. The number of rotatable bonds is 8. The summed E-state index contributed by atoms with van der Waals surface area (Å²) in [6.07, 6.45) is -4.72. The molecule has 0 N–H and O–H groups in total. The van der Waals surface area contributed by atoms with Gasteiger partial charge in [0.15, 0.2) is 0 Å². The van der Waals surface area contributed by atoms with E-state index in [-0.39, 0.29) is 17.2 Å². The monoisotopic (exact) mass is 547 g/mol. The van der Waals surface area contributed by atoms with Gasteiger partial charge >= 0.3 is 16.3 Å². The first-order chi connectivity index (χ1) is 16.2. The minimum Gasteiger partial charge on any atom is -0.379 e. The Hall–Kier alpha value is -2.60. The number of hydrogen-bond donors (Lipinski definition) is 0. The van der Waals surface area contributed by atoms with E-state index in [0.29, 0.717) is 16.7 Å². The Morgan fingerprint density at radius 3 is 2.11 bits per heavy atom. The first kappa shape index (κ1) is 27.0. The smallest absolute Gasteiger partial charge is 0.379 e. The van der Waals surface area contributed by atoms with E-state index in [1.54, 1.807) is 19.9 Å². The molecule has 0 heterocycles. The average molecular weight is 548 g/mol. The van der Waals surface area contributed by atoms with Crippen LogP contribution in [0.15, 0.2) is 82.6 Å². The van der Waals surface area contributed by atoms with Gasteiger partial charge in [-0.3, -0.25) is 0 Å². The van der Waals surface area contributed by atoms with E-state index in [9.17, 15) is 30.0 Å². The van der Waals surface area contributed by atoms with Crippen molar-refractivity contribution in [3.63, 3.8) is 0 Å². The first-order valence-corrected chi connectivity index (χ1v) is 13.4. The predicted molar refractivity (Wildman–Crippen MR) is 125 cm³/mol. The lowest BCUT2D eigenvalue weighted by molar-refractivity contribution is -0.137. The van der Waals surface area contributed by atoms with Crippen LogP contribution in [0.4, 0.5) is 13.2 Å². The zero-order valence-corrected chi connectivity index (χ0v) is 20.9. The highest BCUT2D eigenvalue weighted by Crippen LogP contribution is 2.31. The SMILES string of the molecule is CC(C)N(Cc1cccc(OS(=O)(=O)c2cccc(C(F)(F)F)c2)c1)S(=O)(=O)c1ccc(Cl)cc1. The topological polar surface area (TPSA) is 80.8 Å². The van der Waals surface area contributed by atoms with Gasteiger partial charge in [-0.15, -0.1) is 0 Å². The zero-order valence-electron chi connectivity index (χ0n) is 18.5. The Kier molecular flexibility index (Phi) is 7.85. The molecule has 0 atom stereocenters. The van der Waals surface area contributed by atoms with Gasteiger partial charge in [0, 0.05) is 17.6 Å². The Morgan fingerprint density at radius 2 is 1.51 bits per heavy atom. The van der Waals surface area contributed by atoms with Gasteiger partial charge in [0.25, 0.3) is 0 Å². The maximum absolute atomic E-state index is 13.2. The summed E-state index contributed by atoms with van der Waals surface area (Å²) in [5, 5.41) is 0.381. The summed E-state index contributed by atoms with van der Waals surface area (Å²) in [5.41, 5.74) is -0.719. The molecule has 0 saturated carbocycles. The molecular weight excluding hydrogens is 527 g/mol. The molecule has 0 aliphatic heterocycles. The molecule has 12 heteroatoms. The fourth-order valence-corrected chi connectivity index (χ4v) is 5.89. The van der Waals surface area contributed by atoms with Crippen molar-refractivity contribution >= 4 is 31.7 Å². The molecule has 0 unspecified atom stereocenters. The van der Waals surface area contributed by atoms with Crippen molar-refractivity contribution in [3.8, 4) is 5.75 Å². The molecule has 0 aromatic heterocycles. The third kappa shape index (κ3) is 6.54. The molecule has 0 aliphatic rings. The van der Waals surface area contributed by atoms with Crippen LogP contribution in [0.5, 0.6) is 5.75 Å². The maximum atomic E-state index is 13.2. The molecule has 0 bridgehead atoms. The number of alkyl halides is 3. The van der Waals surface area contributed by atoms with Crippen LogP contribution in [0.3, 0.4) is 0 Å². The first-order valence-electron chi connectivity index (χ1n) is 10.2. The third-order valence-electron chi connectivity index (χ3n) is 4.89. The highest BCUT2D eigenvalue weighted by molar-refractivity contribution is 7.89. The molecule has 35 heavy (non-hydrogen) atoms. The Labute approximate surface area is 207 Å². The van der Waals surface area contributed by atoms with Crippen LogP contribution in [0.1, 0.15) is 25.0 Å². The minimum absolute atomic E-state index is 0.0372. The second-order valence-electron chi connectivity index (χ2n) is 7.81. The number of nitrogens with zero attached hydrogens (tertiary/aromatic N) is 1. The van der Waals surface area contributed by atoms with Gasteiger partial charge in [0.2, 0.25) is 10.0 Å². The molecule has 3 rings (SSSR count). The second kappa shape index (κ2) is 10.2. The van der Waals surface area contributed by atoms with Crippen molar-refractivity contribution in [1.82, 2.24) is 4.31 Å². The Bertz CT molecular complexity index is 1410. The minimum atomic E-state index is -4.72. The predicted octanol–water partition coefficient (Wildman–Crippen LogP) is 5.73. The number of halogens is 4. The van der Waals surface area contributed by atoms with E-state index in [2.05, 4.69) is 0 Å². The van der Waals surface area contributed by atoms with Crippen LogP contribution in [0.2, 0.25) is 5.02 Å². The molecule has 3 aromatic carbocycles. The van der Waals surface area contributed by atoms with Crippen LogP contribution >= 0.6 is 11.6 Å². The van der Waals surface area contributed by atoms with Crippen molar-refractivity contribution < 1.29 is 34.2 Å². The zero-order chi connectivity index (χ0) is 26.0. The van der Waals surface area contributed by atoms with Gasteiger partial charge in [-0.25, -0.2) is 8.42 Å². The Balaban J connectivity index is 1.87. The van der Waals surface area contributed by atoms with E-state index >= 15 is 0 Å². The lowest BCUT2D eigenvalue weighted by Crippen LogP contribution is -2.36. The van der Waals surface area contributed by atoms with Crippen LogP contribution in [-0.2, 0) is 32.9 Å². The molecule has 0 spiro atoms. The molecular formula is C23H21ClF3NO5S2. The van der Waals surface area contributed by atoms with Crippen molar-refractivity contribution in [3.05, 3.63) is 88.9 Å². The number of sulfonamides is 1. The van der Waals surface area contributed by atoms with Crippen molar-refractivity contribution in [2.75, 3.05) is 0 Å². The lowest BCUT2D eigenvalue weighted by atomic mass is 10.2. The number of hydrogen-bond acceptors (Lipinski definition) is 5. The van der Waals surface area contributed by atoms with Crippen molar-refractivity contribution in [2.24, 2.45) is 0 Å². The standard InChI is InChI=1S/C23H21ClF3NO5S2/c1-16(2)28(34(29,30)21-11-9-19(24)10-12-21)15-17-5-3-7-20(13-17)33-35(31,32)22-8-4-6-18(14-22)23(25,26)27/h3-14,16H,15H2,1-2H3. The van der Waals surface area contributed by atoms with Crippen LogP contribution in [0, 0.1) is 0 Å². The largest absolute Gasteiger partial charge is 0.416 e. The molecule has 6 nitrogen and oxygen atoms in total. The quantitative estimate of drug-likeness (QED) is 0.337. The van der Waals surface area contributed by atoms with Gasteiger partial charge in [-0.2, -0.15) is 25.9 Å². The van der Waals surface area contributed by atoms with Gasteiger partial charge < -0.3 is 4.18 Å². The molecule has 0 aliphatic carbocycles. The van der Waals surface area contributed by atoms with E-state index in [0.717, 1.165) is 18.2 Å². The van der Waals surface area contributed by atoms with Gasteiger partial charge in [0.05, 0.1) is 10.5 Å². The van der Waals surface area contributed by atoms with E-state index in [1.165, 1.54) is 46.8 Å². The summed E-state index contributed by atoms with van der Waals surface area (Å²) in [6.45, 7) is 3.27. The third-order valence-corrected chi connectivity index (χ3v) is 8.42. The summed E-state index contributed by atoms with van der Waals surface area (Å²) in [6, 6.07) is 14.1. The number of benzene rings is 3. The normalized spacial score (nSPS) is 12.8. The van der Waals surface area contributed by atoms with E-state index in [1.807, 2.05) is 0 Å². The highest BCUT2D eigenvalue weighted by Gasteiger charge is 2.32. The van der Waals surface area contributed by atoms with E-state index in [4.69, 9.17) is 15.8 Å². The molecule has 3 aromatic rings. The van der Waals surface area contributed by atoms with Crippen LogP contribution in [0.25, 0.3) is 0 Å². The highest BCUT2D eigenvalue weighted by atomic mass is 35.5. The van der Waals surface area contributed by atoms with E-state index < -0.39 is 42.8 Å². The molecule has 0 radical (unpaired) electrons. The summed E-state index contributed by atoms with van der Waals surface area (Å²) in [4.78, 5) is -0.623. The molecule has 0 fully saturated rings. The molecule has 0 saturated heterocycles. The Morgan fingerprint density at radius 1 is 0.886 bits per heavy atom. The summed E-state index contributed by atoms with van der Waals surface area (Å²) in [7, 11) is -8.49. The van der Waals surface area contributed by atoms with Crippen molar-refractivity contribution in [2.45, 2.75) is 42.4 Å². The second-order valence-corrected chi connectivity index (χ2v) is 11.7. The van der Waals surface area contributed by atoms with Crippen LogP contribution in [-0.4, -0.2) is 27.2 Å². The van der Waals surface area contributed by atoms with Gasteiger partial charge in [-0.1, -0.05) is 29.8 Å². The van der Waals surface area contributed by atoms with Gasteiger partial charge in [-0.05, 0) is 74.0 Å². The summed E-state index contributed by atoms with van der Waals surface area (Å²) in [5.74, 6) is -0.174. The lowest BCUT2D eigenvalue weighted by Gasteiger charge is -2.26. The van der Waals surface area contributed by atoms with Crippen LogP contribution < -0.4 is 4.18 Å². The van der Waals surface area contributed by atoms with Crippen molar-refractivity contribution in [1.29, 1.82) is 0 Å². The van der Waals surface area contributed by atoms with Gasteiger partial charge in [0.1, 0.15) is 10.6 Å². The summed E-state index contributed by atoms with van der Waals surface area (Å²) >= 11 is 5.85. The molecule has 188 valence electrons. The fraction of sp³-hybridized carbons (Fsp3) is 0.217. The molecule has 0 amide bonds. The maximum Gasteiger partial charge on any atom is 0.416 e. The average Bonchev–Trinajstić information content (AvgIpc) is 2.77. The summed E-state index contributed by atoms with van der Waals surface area (Å²) < 4.78 is 96.7.